The van der Waals surface area contributed by atoms with Gasteiger partial charge in [-0.2, -0.15) is 5.10 Å². The summed E-state index contributed by atoms with van der Waals surface area (Å²) in [6.45, 7) is 2.39. The summed E-state index contributed by atoms with van der Waals surface area (Å²) >= 11 is 0. The van der Waals surface area contributed by atoms with Crippen LogP contribution in [0, 0.1) is 6.92 Å². The molecule has 110 valence electrons. The number of nitrogens with two attached hydrogens (primary N) is 1. The third-order valence-electron chi connectivity index (χ3n) is 2.94. The number of aromatic nitrogens is 2. The zero-order valence-electron chi connectivity index (χ0n) is 11.9. The third kappa shape index (κ3) is 4.76. The van der Waals surface area contributed by atoms with Gasteiger partial charge in [-0.05, 0) is 12.5 Å². The fraction of sp³-hybridized carbons (Fsp3) is 0.267. The first-order valence-corrected chi connectivity index (χ1v) is 6.70. The maximum atomic E-state index is 11.9. The standard InChI is InChI=1S/C15H18N4O2/c1-11-3-2-4-12(9-11)10-15(21)17-14-6-8-19(18-14)7-5-13(16)20/h2-4,6,8-9H,5,7,10H2,1H3,(H2,16,20)(H,17,18,21). The Balaban J connectivity index is 1.89. The highest BCUT2D eigenvalue weighted by Crippen LogP contribution is 2.07. The van der Waals surface area contributed by atoms with Crippen LogP contribution in [-0.2, 0) is 22.6 Å². The Hall–Kier alpha value is -2.63. The minimum absolute atomic E-state index is 0.124. The summed E-state index contributed by atoms with van der Waals surface area (Å²) < 4.78 is 1.58. The Morgan fingerprint density at radius 1 is 1.33 bits per heavy atom. The zero-order valence-corrected chi connectivity index (χ0v) is 11.9. The minimum atomic E-state index is -0.379. The number of carbonyl (C=O) groups excluding carboxylic acids is 2. The molecule has 6 nitrogen and oxygen atoms in total. The number of nitrogens with one attached hydrogen (secondary N) is 1. The first kappa shape index (κ1) is 14.8. The highest BCUT2D eigenvalue weighted by Gasteiger charge is 2.07. The van der Waals surface area contributed by atoms with Crippen molar-refractivity contribution >= 4 is 17.6 Å². The fourth-order valence-corrected chi connectivity index (χ4v) is 1.97. The molecule has 1 aromatic carbocycles. The summed E-state index contributed by atoms with van der Waals surface area (Å²) in [4.78, 5) is 22.6. The predicted octanol–water partition coefficient (Wildman–Crippen LogP) is 1.25. The fourth-order valence-electron chi connectivity index (χ4n) is 1.97. The van der Waals surface area contributed by atoms with E-state index in [0.717, 1.165) is 11.1 Å². The summed E-state index contributed by atoms with van der Waals surface area (Å²) in [5.74, 6) is -0.0339. The van der Waals surface area contributed by atoms with Crippen LogP contribution in [0.2, 0.25) is 0 Å². The molecule has 0 aliphatic carbocycles. The zero-order chi connectivity index (χ0) is 15.2. The Morgan fingerprint density at radius 3 is 2.86 bits per heavy atom. The van der Waals surface area contributed by atoms with Gasteiger partial charge in [0, 0.05) is 25.2 Å². The van der Waals surface area contributed by atoms with Gasteiger partial charge in [-0.1, -0.05) is 29.8 Å². The van der Waals surface area contributed by atoms with Crippen LogP contribution in [0.1, 0.15) is 17.5 Å². The summed E-state index contributed by atoms with van der Waals surface area (Å²) in [6, 6.07) is 9.50. The molecule has 1 heterocycles. The van der Waals surface area contributed by atoms with Crippen molar-refractivity contribution < 1.29 is 9.59 Å². The number of rotatable bonds is 6. The number of hydrogen-bond donors (Lipinski definition) is 2. The SMILES string of the molecule is Cc1cccc(CC(=O)Nc2ccn(CCC(N)=O)n2)c1. The second-order valence-electron chi connectivity index (χ2n) is 4.89. The van der Waals surface area contributed by atoms with E-state index in [-0.39, 0.29) is 18.2 Å². The van der Waals surface area contributed by atoms with E-state index in [9.17, 15) is 9.59 Å². The number of carbonyl (C=O) groups is 2. The van der Waals surface area contributed by atoms with Crippen LogP contribution in [0.5, 0.6) is 0 Å². The number of amides is 2. The summed E-state index contributed by atoms with van der Waals surface area (Å²) in [7, 11) is 0. The van der Waals surface area contributed by atoms with Gasteiger partial charge in [-0.3, -0.25) is 14.3 Å². The second-order valence-corrected chi connectivity index (χ2v) is 4.89. The van der Waals surface area contributed by atoms with Crippen LogP contribution < -0.4 is 11.1 Å². The van der Waals surface area contributed by atoms with Gasteiger partial charge in [-0.25, -0.2) is 0 Å². The number of hydrogen-bond acceptors (Lipinski definition) is 3. The van der Waals surface area contributed by atoms with Crippen molar-refractivity contribution in [2.45, 2.75) is 26.3 Å². The molecule has 2 rings (SSSR count). The van der Waals surface area contributed by atoms with Gasteiger partial charge in [0.05, 0.1) is 6.42 Å². The van der Waals surface area contributed by atoms with Gasteiger partial charge in [0.25, 0.3) is 0 Å². The van der Waals surface area contributed by atoms with Gasteiger partial charge in [0.2, 0.25) is 11.8 Å². The van der Waals surface area contributed by atoms with Crippen LogP contribution in [0.3, 0.4) is 0 Å². The molecule has 2 aromatic rings. The van der Waals surface area contributed by atoms with E-state index in [2.05, 4.69) is 10.4 Å². The number of benzene rings is 1. The van der Waals surface area contributed by atoms with Gasteiger partial charge in [0.1, 0.15) is 0 Å². The van der Waals surface area contributed by atoms with E-state index < -0.39 is 0 Å². The van der Waals surface area contributed by atoms with Crippen molar-refractivity contribution in [3.63, 3.8) is 0 Å². The average molecular weight is 286 g/mol. The molecular formula is C15H18N4O2. The largest absolute Gasteiger partial charge is 0.370 e. The maximum Gasteiger partial charge on any atom is 0.229 e. The first-order valence-electron chi connectivity index (χ1n) is 6.70. The first-order chi connectivity index (χ1) is 10.0. The lowest BCUT2D eigenvalue weighted by Crippen LogP contribution is -2.16. The van der Waals surface area contributed by atoms with Crippen molar-refractivity contribution in [1.82, 2.24) is 9.78 Å². The molecular weight excluding hydrogens is 268 g/mol. The van der Waals surface area contributed by atoms with E-state index in [1.165, 1.54) is 0 Å². The molecule has 0 aliphatic heterocycles. The van der Waals surface area contributed by atoms with Gasteiger partial charge >= 0.3 is 0 Å². The van der Waals surface area contributed by atoms with Crippen molar-refractivity contribution in [2.75, 3.05) is 5.32 Å². The molecule has 0 fully saturated rings. The molecule has 21 heavy (non-hydrogen) atoms. The molecule has 0 bridgehead atoms. The molecule has 1 aromatic heterocycles. The monoisotopic (exact) mass is 286 g/mol. The molecule has 0 spiro atoms. The minimum Gasteiger partial charge on any atom is -0.370 e. The molecule has 6 heteroatoms. The highest BCUT2D eigenvalue weighted by molar-refractivity contribution is 5.91. The smallest absolute Gasteiger partial charge is 0.229 e. The van der Waals surface area contributed by atoms with Gasteiger partial charge in [-0.15, -0.1) is 0 Å². The normalized spacial score (nSPS) is 10.3. The van der Waals surface area contributed by atoms with E-state index >= 15 is 0 Å². The van der Waals surface area contributed by atoms with Crippen molar-refractivity contribution in [1.29, 1.82) is 0 Å². The number of anilines is 1. The Labute approximate surface area is 122 Å². The predicted molar refractivity (Wildman–Crippen MR) is 79.6 cm³/mol. The van der Waals surface area contributed by atoms with E-state index in [4.69, 9.17) is 5.73 Å². The summed E-state index contributed by atoms with van der Waals surface area (Å²) in [5, 5.41) is 6.89. The van der Waals surface area contributed by atoms with Crippen LogP contribution in [0.25, 0.3) is 0 Å². The molecule has 0 atom stereocenters. The van der Waals surface area contributed by atoms with Crippen molar-refractivity contribution in [3.8, 4) is 0 Å². The number of nitrogens with zero attached hydrogens (tertiary/aromatic N) is 2. The molecule has 2 amide bonds. The molecule has 3 N–H and O–H groups in total. The average Bonchev–Trinajstić information content (AvgIpc) is 2.83. The second kappa shape index (κ2) is 6.69. The summed E-state index contributed by atoms with van der Waals surface area (Å²) in [6.07, 6.45) is 2.22. The Bertz CT molecular complexity index is 649. The topological polar surface area (TPSA) is 90.0 Å². The lowest BCUT2D eigenvalue weighted by molar-refractivity contribution is -0.118. The lowest BCUT2D eigenvalue weighted by atomic mass is 10.1. The maximum absolute atomic E-state index is 11.9. The number of aryl methyl sites for hydroxylation is 2. The van der Waals surface area contributed by atoms with Crippen LogP contribution in [0.15, 0.2) is 36.5 Å². The lowest BCUT2D eigenvalue weighted by Gasteiger charge is -2.03. The van der Waals surface area contributed by atoms with Gasteiger partial charge < -0.3 is 11.1 Å². The molecule has 0 saturated heterocycles. The quantitative estimate of drug-likeness (QED) is 0.837. The third-order valence-corrected chi connectivity index (χ3v) is 2.94. The van der Waals surface area contributed by atoms with Gasteiger partial charge in [0.15, 0.2) is 5.82 Å². The van der Waals surface area contributed by atoms with E-state index in [0.29, 0.717) is 18.8 Å². The van der Waals surface area contributed by atoms with Crippen LogP contribution >= 0.6 is 0 Å². The molecule has 0 radical (unpaired) electrons. The van der Waals surface area contributed by atoms with Crippen LogP contribution in [0.4, 0.5) is 5.82 Å². The van der Waals surface area contributed by atoms with Crippen LogP contribution in [-0.4, -0.2) is 21.6 Å². The van der Waals surface area contributed by atoms with Crippen molar-refractivity contribution in [3.05, 3.63) is 47.7 Å². The summed E-state index contributed by atoms with van der Waals surface area (Å²) in [5.41, 5.74) is 7.16. The molecule has 0 aliphatic rings. The molecule has 0 saturated carbocycles. The number of primary amides is 1. The Morgan fingerprint density at radius 2 is 2.14 bits per heavy atom. The Kier molecular flexibility index (Phi) is 4.71. The van der Waals surface area contributed by atoms with E-state index in [1.54, 1.807) is 16.9 Å². The van der Waals surface area contributed by atoms with E-state index in [1.807, 2.05) is 31.2 Å². The van der Waals surface area contributed by atoms with Crippen molar-refractivity contribution in [2.24, 2.45) is 5.73 Å². The molecule has 0 unspecified atom stereocenters. The highest BCUT2D eigenvalue weighted by atomic mass is 16.2.